The van der Waals surface area contributed by atoms with E-state index >= 15 is 0 Å². The van der Waals surface area contributed by atoms with E-state index in [1.54, 1.807) is 0 Å². The van der Waals surface area contributed by atoms with Crippen molar-refractivity contribution in [3.05, 3.63) is 29.8 Å². The van der Waals surface area contributed by atoms with Gasteiger partial charge in [0.25, 0.3) is 0 Å². The van der Waals surface area contributed by atoms with Crippen molar-refractivity contribution in [2.45, 2.75) is 13.0 Å². The van der Waals surface area contributed by atoms with E-state index in [1.807, 2.05) is 36.0 Å². The molecule has 0 aliphatic carbocycles. The summed E-state index contributed by atoms with van der Waals surface area (Å²) in [5.41, 5.74) is 7.48. The molecule has 1 aliphatic rings. The Morgan fingerprint density at radius 2 is 2.18 bits per heavy atom. The van der Waals surface area contributed by atoms with Crippen LogP contribution in [0.2, 0.25) is 0 Å². The van der Waals surface area contributed by atoms with Gasteiger partial charge in [0.2, 0.25) is 0 Å². The Morgan fingerprint density at radius 3 is 2.76 bits per heavy atom. The number of nitrogens with zero attached hydrogens (tertiary/aromatic N) is 2. The fourth-order valence-corrected chi connectivity index (χ4v) is 3.01. The van der Waals surface area contributed by atoms with Gasteiger partial charge >= 0.3 is 0 Å². The first-order valence-corrected chi connectivity index (χ1v) is 6.80. The van der Waals surface area contributed by atoms with Crippen LogP contribution < -0.4 is 10.6 Å². The summed E-state index contributed by atoms with van der Waals surface area (Å²) in [4.78, 5) is 2.40. The average molecular weight is 251 g/mol. The largest absolute Gasteiger partial charge is 0.409 e. The van der Waals surface area contributed by atoms with E-state index in [9.17, 15) is 0 Å². The lowest BCUT2D eigenvalue weighted by Crippen LogP contribution is -2.40. The van der Waals surface area contributed by atoms with Crippen molar-refractivity contribution < 1.29 is 5.21 Å². The zero-order valence-corrected chi connectivity index (χ0v) is 10.7. The molecule has 1 aromatic carbocycles. The lowest BCUT2D eigenvalue weighted by atomic mass is 10.1. The maximum atomic E-state index is 8.60. The molecule has 1 fully saturated rings. The summed E-state index contributed by atoms with van der Waals surface area (Å²) >= 11 is 2.00. The van der Waals surface area contributed by atoms with Gasteiger partial charge in [-0.15, -0.1) is 0 Å². The van der Waals surface area contributed by atoms with Crippen LogP contribution in [0.25, 0.3) is 0 Å². The molecular formula is C12H17N3OS. The molecule has 0 radical (unpaired) electrons. The summed E-state index contributed by atoms with van der Waals surface area (Å²) < 4.78 is 0. The van der Waals surface area contributed by atoms with E-state index in [0.29, 0.717) is 6.04 Å². The predicted octanol–water partition coefficient (Wildman–Crippen LogP) is 1.72. The van der Waals surface area contributed by atoms with Crippen LogP contribution in [-0.2, 0) is 0 Å². The Bertz CT molecular complexity index is 405. The third-order valence-electron chi connectivity index (χ3n) is 2.97. The molecule has 0 saturated carbocycles. The summed E-state index contributed by atoms with van der Waals surface area (Å²) in [5, 5.41) is 11.6. The minimum Gasteiger partial charge on any atom is -0.409 e. The second kappa shape index (κ2) is 5.31. The zero-order valence-electron chi connectivity index (χ0n) is 9.84. The van der Waals surface area contributed by atoms with Gasteiger partial charge in [-0.2, -0.15) is 11.8 Å². The normalized spacial score (nSPS) is 21.6. The monoisotopic (exact) mass is 251 g/mol. The van der Waals surface area contributed by atoms with Crippen LogP contribution in [0, 0.1) is 0 Å². The molecule has 1 unspecified atom stereocenters. The average Bonchev–Trinajstić information content (AvgIpc) is 2.39. The molecule has 0 aromatic heterocycles. The van der Waals surface area contributed by atoms with Crippen LogP contribution >= 0.6 is 11.8 Å². The molecular weight excluding hydrogens is 234 g/mol. The summed E-state index contributed by atoms with van der Waals surface area (Å²) in [6.07, 6.45) is 0. The number of anilines is 1. The second-order valence-corrected chi connectivity index (χ2v) is 5.30. The Morgan fingerprint density at radius 1 is 1.47 bits per heavy atom. The molecule has 4 nitrogen and oxygen atoms in total. The SMILES string of the molecule is CC1CSCCN1c1ccc(C(N)=NO)cc1. The Labute approximate surface area is 105 Å². The first kappa shape index (κ1) is 12.1. The molecule has 0 bridgehead atoms. The van der Waals surface area contributed by atoms with Crippen molar-refractivity contribution in [3.8, 4) is 0 Å². The fourth-order valence-electron chi connectivity index (χ4n) is 1.99. The third-order valence-corrected chi connectivity index (χ3v) is 4.16. The minimum atomic E-state index is 0.152. The highest BCUT2D eigenvalue weighted by Gasteiger charge is 2.18. The summed E-state index contributed by atoms with van der Waals surface area (Å²) in [5.74, 6) is 2.49. The van der Waals surface area contributed by atoms with Crippen molar-refractivity contribution in [3.63, 3.8) is 0 Å². The summed E-state index contributed by atoms with van der Waals surface area (Å²) in [6.45, 7) is 3.32. The van der Waals surface area contributed by atoms with Gasteiger partial charge in [-0.1, -0.05) is 5.16 Å². The van der Waals surface area contributed by atoms with Crippen LogP contribution in [-0.4, -0.2) is 35.1 Å². The number of rotatable bonds is 2. The molecule has 0 spiro atoms. The van der Waals surface area contributed by atoms with E-state index in [1.165, 1.54) is 17.2 Å². The molecule has 92 valence electrons. The van der Waals surface area contributed by atoms with Crippen molar-refractivity contribution in [2.75, 3.05) is 23.0 Å². The van der Waals surface area contributed by atoms with E-state index < -0.39 is 0 Å². The van der Waals surface area contributed by atoms with E-state index in [-0.39, 0.29) is 5.84 Å². The van der Waals surface area contributed by atoms with Gasteiger partial charge in [0.15, 0.2) is 5.84 Å². The molecule has 5 heteroatoms. The smallest absolute Gasteiger partial charge is 0.170 e. The predicted molar refractivity (Wildman–Crippen MR) is 73.1 cm³/mol. The van der Waals surface area contributed by atoms with Gasteiger partial charge in [0.05, 0.1) is 0 Å². The molecule has 17 heavy (non-hydrogen) atoms. The number of oxime groups is 1. The van der Waals surface area contributed by atoms with Gasteiger partial charge in [-0.05, 0) is 31.2 Å². The summed E-state index contributed by atoms with van der Waals surface area (Å²) in [7, 11) is 0. The van der Waals surface area contributed by atoms with Gasteiger partial charge in [0.1, 0.15) is 0 Å². The molecule has 1 aromatic rings. The van der Waals surface area contributed by atoms with Crippen molar-refractivity contribution in [2.24, 2.45) is 10.9 Å². The van der Waals surface area contributed by atoms with Crippen LogP contribution in [0.5, 0.6) is 0 Å². The standard InChI is InChI=1S/C12H17N3OS/c1-9-8-17-7-6-15(9)11-4-2-10(3-5-11)12(13)14-16/h2-5,9,16H,6-8H2,1H3,(H2,13,14). The number of hydrogen-bond donors (Lipinski definition) is 2. The van der Waals surface area contributed by atoms with Crippen molar-refractivity contribution in [1.29, 1.82) is 0 Å². The molecule has 2 rings (SSSR count). The topological polar surface area (TPSA) is 61.8 Å². The molecule has 1 aliphatic heterocycles. The number of amidine groups is 1. The van der Waals surface area contributed by atoms with E-state index in [0.717, 1.165) is 12.1 Å². The molecule has 1 heterocycles. The van der Waals surface area contributed by atoms with Gasteiger partial charge in [-0.25, -0.2) is 0 Å². The number of thioether (sulfide) groups is 1. The highest BCUT2D eigenvalue weighted by Crippen LogP contribution is 2.24. The van der Waals surface area contributed by atoms with Crippen LogP contribution in [0.15, 0.2) is 29.4 Å². The third kappa shape index (κ3) is 2.66. The maximum absolute atomic E-state index is 8.60. The minimum absolute atomic E-state index is 0.152. The summed E-state index contributed by atoms with van der Waals surface area (Å²) in [6, 6.07) is 8.39. The van der Waals surface area contributed by atoms with Gasteiger partial charge in [-0.3, -0.25) is 0 Å². The highest BCUT2D eigenvalue weighted by molar-refractivity contribution is 7.99. The number of nitrogens with two attached hydrogens (primary N) is 1. The maximum Gasteiger partial charge on any atom is 0.170 e. The zero-order chi connectivity index (χ0) is 12.3. The Hall–Kier alpha value is -1.36. The lowest BCUT2D eigenvalue weighted by molar-refractivity contribution is 0.318. The fraction of sp³-hybridized carbons (Fsp3) is 0.417. The first-order valence-electron chi connectivity index (χ1n) is 5.64. The Kier molecular flexibility index (Phi) is 3.78. The van der Waals surface area contributed by atoms with Crippen LogP contribution in [0.4, 0.5) is 5.69 Å². The van der Waals surface area contributed by atoms with E-state index in [4.69, 9.17) is 10.9 Å². The van der Waals surface area contributed by atoms with Crippen molar-refractivity contribution in [1.82, 2.24) is 0 Å². The Balaban J connectivity index is 2.17. The molecule has 3 N–H and O–H groups in total. The van der Waals surface area contributed by atoms with E-state index in [2.05, 4.69) is 17.0 Å². The molecule has 1 saturated heterocycles. The van der Waals surface area contributed by atoms with Crippen LogP contribution in [0.3, 0.4) is 0 Å². The van der Waals surface area contributed by atoms with Gasteiger partial charge < -0.3 is 15.8 Å². The molecule has 0 amide bonds. The second-order valence-electron chi connectivity index (χ2n) is 4.15. The number of benzene rings is 1. The quantitative estimate of drug-likeness (QED) is 0.364. The first-order chi connectivity index (χ1) is 8.22. The molecule has 1 atom stereocenters. The van der Waals surface area contributed by atoms with Crippen molar-refractivity contribution >= 4 is 23.3 Å². The van der Waals surface area contributed by atoms with Crippen LogP contribution in [0.1, 0.15) is 12.5 Å². The number of hydrogen-bond acceptors (Lipinski definition) is 4. The lowest BCUT2D eigenvalue weighted by Gasteiger charge is -2.35. The highest BCUT2D eigenvalue weighted by atomic mass is 32.2. The van der Waals surface area contributed by atoms with Gasteiger partial charge in [0, 0.05) is 35.3 Å².